The smallest absolute Gasteiger partial charge is 0.410 e. The second-order valence-electron chi connectivity index (χ2n) is 10.8. The van der Waals surface area contributed by atoms with E-state index in [0.717, 1.165) is 42.1 Å². The van der Waals surface area contributed by atoms with Crippen molar-refractivity contribution in [2.75, 3.05) is 18.4 Å². The average molecular weight is 475 g/mol. The Bertz CT molecular complexity index is 1270. The van der Waals surface area contributed by atoms with Crippen molar-refractivity contribution in [3.63, 3.8) is 0 Å². The minimum atomic E-state index is -0.494. The zero-order valence-corrected chi connectivity index (χ0v) is 20.8. The molecule has 3 heterocycles. The Morgan fingerprint density at radius 3 is 2.60 bits per heavy atom. The van der Waals surface area contributed by atoms with E-state index in [4.69, 9.17) is 9.72 Å². The molecule has 7 nitrogen and oxygen atoms in total. The molecule has 2 aliphatic rings. The number of benzene rings is 1. The van der Waals surface area contributed by atoms with Gasteiger partial charge in [-0.15, -0.1) is 0 Å². The number of ether oxygens (including phenoxy) is 1. The molecule has 0 bridgehead atoms. The van der Waals surface area contributed by atoms with Gasteiger partial charge in [-0.2, -0.15) is 0 Å². The molecular weight excluding hydrogens is 440 g/mol. The summed E-state index contributed by atoms with van der Waals surface area (Å²) in [6.07, 6.45) is 6.86. The van der Waals surface area contributed by atoms with Gasteiger partial charge in [0.1, 0.15) is 11.2 Å². The molecule has 1 saturated heterocycles. The molecule has 1 atom stereocenters. The monoisotopic (exact) mass is 474 g/mol. The number of hydrogen-bond acceptors (Lipinski definition) is 5. The maximum Gasteiger partial charge on any atom is 0.410 e. The Morgan fingerprint density at radius 1 is 1.11 bits per heavy atom. The van der Waals surface area contributed by atoms with Gasteiger partial charge in [0.2, 0.25) is 0 Å². The summed E-state index contributed by atoms with van der Waals surface area (Å²) in [6.45, 7) is 6.93. The minimum Gasteiger partial charge on any atom is -0.444 e. The van der Waals surface area contributed by atoms with Crippen molar-refractivity contribution in [2.24, 2.45) is 5.92 Å². The van der Waals surface area contributed by atoms with Crippen LogP contribution >= 0.6 is 0 Å². The van der Waals surface area contributed by atoms with E-state index in [2.05, 4.69) is 5.32 Å². The normalized spacial score (nSPS) is 18.1. The molecular formula is C28H34N4O3. The summed E-state index contributed by atoms with van der Waals surface area (Å²) < 4.78 is 7.13. The highest BCUT2D eigenvalue weighted by atomic mass is 16.6. The van der Waals surface area contributed by atoms with E-state index in [9.17, 15) is 9.59 Å². The standard InChI is InChI=1S/C28H34N4O3/c1-28(2,3)35-27(34)31-17-15-22(18-31)29-21-12-10-20(11-13-21)25-23(14-9-19-7-8-19)30-24-6-4-5-16-32(24)26(25)33/h4-6,10-13,16,19,22,29H,7-9,14-15,17-18H2,1-3H3. The molecule has 7 heteroatoms. The number of pyridine rings is 1. The molecule has 2 fully saturated rings. The third-order valence-corrected chi connectivity index (χ3v) is 6.68. The van der Waals surface area contributed by atoms with Crippen LogP contribution in [0.25, 0.3) is 16.8 Å². The Morgan fingerprint density at radius 2 is 1.89 bits per heavy atom. The largest absolute Gasteiger partial charge is 0.444 e. The second-order valence-corrected chi connectivity index (χ2v) is 10.8. The fourth-order valence-electron chi connectivity index (χ4n) is 4.69. The first-order valence-electron chi connectivity index (χ1n) is 12.6. The third kappa shape index (κ3) is 5.50. The SMILES string of the molecule is CC(C)(C)OC(=O)N1CCC(Nc2ccc(-c3c(CCC4CC4)nc4ccccn4c3=O)cc2)C1. The van der Waals surface area contributed by atoms with Gasteiger partial charge in [-0.05, 0) is 75.8 Å². The van der Waals surface area contributed by atoms with Crippen molar-refractivity contribution < 1.29 is 9.53 Å². The minimum absolute atomic E-state index is 0.0223. The number of anilines is 1. The van der Waals surface area contributed by atoms with Crippen LogP contribution in [-0.2, 0) is 11.2 Å². The lowest BCUT2D eigenvalue weighted by Gasteiger charge is -2.24. The summed E-state index contributed by atoms with van der Waals surface area (Å²) in [7, 11) is 0. The van der Waals surface area contributed by atoms with Gasteiger partial charge in [0.05, 0.1) is 11.3 Å². The molecule has 1 aliphatic carbocycles. The molecule has 2 aromatic heterocycles. The van der Waals surface area contributed by atoms with Gasteiger partial charge in [0.25, 0.3) is 5.56 Å². The number of hydrogen-bond donors (Lipinski definition) is 1. The van der Waals surface area contributed by atoms with Gasteiger partial charge in [0, 0.05) is 31.0 Å². The van der Waals surface area contributed by atoms with Crippen molar-refractivity contribution >= 4 is 17.4 Å². The third-order valence-electron chi connectivity index (χ3n) is 6.68. The maximum atomic E-state index is 13.4. The highest BCUT2D eigenvalue weighted by Crippen LogP contribution is 2.34. The molecule has 1 amide bonds. The van der Waals surface area contributed by atoms with Gasteiger partial charge < -0.3 is 15.0 Å². The topological polar surface area (TPSA) is 75.9 Å². The van der Waals surface area contributed by atoms with Crippen LogP contribution in [0, 0.1) is 5.92 Å². The number of nitrogens with one attached hydrogen (secondary N) is 1. The first-order valence-corrected chi connectivity index (χ1v) is 12.6. The Balaban J connectivity index is 1.33. The number of carbonyl (C=O) groups excluding carboxylic acids is 1. The van der Waals surface area contributed by atoms with E-state index >= 15 is 0 Å². The molecule has 3 aromatic rings. The summed E-state index contributed by atoms with van der Waals surface area (Å²) in [5.74, 6) is 0.775. The molecule has 1 N–H and O–H groups in total. The Hall–Kier alpha value is -3.35. The molecule has 1 saturated carbocycles. The van der Waals surface area contributed by atoms with Crippen molar-refractivity contribution in [1.29, 1.82) is 0 Å². The average Bonchev–Trinajstić information content (AvgIpc) is 3.53. The molecule has 0 radical (unpaired) electrons. The lowest BCUT2D eigenvalue weighted by Crippen LogP contribution is -2.36. The zero-order chi connectivity index (χ0) is 24.6. The van der Waals surface area contributed by atoms with Crippen LogP contribution in [0.5, 0.6) is 0 Å². The lowest BCUT2D eigenvalue weighted by atomic mass is 10.0. The van der Waals surface area contributed by atoms with Gasteiger partial charge in [-0.3, -0.25) is 9.20 Å². The van der Waals surface area contributed by atoms with Crippen LogP contribution in [0.2, 0.25) is 0 Å². The molecule has 1 aliphatic heterocycles. The van der Waals surface area contributed by atoms with Crippen LogP contribution in [0.1, 0.15) is 52.1 Å². The number of aromatic nitrogens is 2. The number of likely N-dealkylation sites (tertiary alicyclic amines) is 1. The number of amides is 1. The first kappa shape index (κ1) is 23.4. The van der Waals surface area contributed by atoms with E-state index in [0.29, 0.717) is 24.3 Å². The van der Waals surface area contributed by atoms with Gasteiger partial charge in [-0.25, -0.2) is 9.78 Å². The van der Waals surface area contributed by atoms with Crippen LogP contribution in [0.15, 0.2) is 53.5 Å². The highest BCUT2D eigenvalue weighted by molar-refractivity contribution is 5.70. The summed E-state index contributed by atoms with van der Waals surface area (Å²) in [4.78, 5) is 32.4. The van der Waals surface area contributed by atoms with Crippen molar-refractivity contribution in [2.45, 2.75) is 64.5 Å². The molecule has 1 aromatic carbocycles. The maximum absolute atomic E-state index is 13.4. The molecule has 35 heavy (non-hydrogen) atoms. The van der Waals surface area contributed by atoms with Crippen molar-refractivity contribution in [3.8, 4) is 11.1 Å². The molecule has 0 spiro atoms. The van der Waals surface area contributed by atoms with E-state index < -0.39 is 5.60 Å². The Labute approximate surface area is 206 Å². The highest BCUT2D eigenvalue weighted by Gasteiger charge is 2.30. The summed E-state index contributed by atoms with van der Waals surface area (Å²) in [5, 5.41) is 3.53. The quantitative estimate of drug-likeness (QED) is 0.536. The lowest BCUT2D eigenvalue weighted by molar-refractivity contribution is 0.0293. The fraction of sp³-hybridized carbons (Fsp3) is 0.464. The molecule has 184 valence electrons. The number of rotatable bonds is 6. The first-order chi connectivity index (χ1) is 16.8. The van der Waals surface area contributed by atoms with Gasteiger partial charge in [-0.1, -0.05) is 31.0 Å². The van der Waals surface area contributed by atoms with Crippen LogP contribution in [0.4, 0.5) is 10.5 Å². The Kier molecular flexibility index (Phi) is 6.26. The summed E-state index contributed by atoms with van der Waals surface area (Å²) in [5.41, 5.74) is 3.62. The van der Waals surface area contributed by atoms with Gasteiger partial charge in [0.15, 0.2) is 0 Å². The van der Waals surface area contributed by atoms with Crippen LogP contribution in [-0.4, -0.2) is 45.1 Å². The predicted octanol–water partition coefficient (Wildman–Crippen LogP) is 5.13. The van der Waals surface area contributed by atoms with E-state index in [1.165, 1.54) is 12.8 Å². The van der Waals surface area contributed by atoms with Crippen LogP contribution < -0.4 is 10.9 Å². The summed E-state index contributed by atoms with van der Waals surface area (Å²) in [6, 6.07) is 13.8. The van der Waals surface area contributed by atoms with Crippen molar-refractivity contribution in [1.82, 2.24) is 14.3 Å². The number of fused-ring (bicyclic) bond motifs is 1. The number of carbonyl (C=O) groups is 1. The van der Waals surface area contributed by atoms with E-state index in [-0.39, 0.29) is 17.7 Å². The predicted molar refractivity (Wildman–Crippen MR) is 138 cm³/mol. The van der Waals surface area contributed by atoms with Crippen molar-refractivity contribution in [3.05, 3.63) is 64.7 Å². The fourth-order valence-corrected chi connectivity index (χ4v) is 4.69. The molecule has 5 rings (SSSR count). The van der Waals surface area contributed by atoms with Crippen LogP contribution in [0.3, 0.4) is 0 Å². The van der Waals surface area contributed by atoms with E-state index in [1.54, 1.807) is 15.5 Å². The summed E-state index contributed by atoms with van der Waals surface area (Å²) >= 11 is 0. The molecule has 1 unspecified atom stereocenters. The number of nitrogens with zero attached hydrogens (tertiary/aromatic N) is 3. The number of aryl methyl sites for hydroxylation is 1. The van der Waals surface area contributed by atoms with E-state index in [1.807, 2.05) is 63.2 Å². The van der Waals surface area contributed by atoms with Gasteiger partial charge >= 0.3 is 6.09 Å². The zero-order valence-electron chi connectivity index (χ0n) is 20.8. The second kappa shape index (κ2) is 9.36.